The second-order valence-electron chi connectivity index (χ2n) is 10.7. The molecule has 16 nitrogen and oxygen atoms in total. The SMILES string of the molecule is CS(=O)(=O)Nc1cc2occ(NC=O)c(=O)c2cc1Oc1ccccc1.CS(=O)(=O)Nc1cc2occ(NC=O)c(=O)c2cc1Oc1ccccc1. The molecule has 0 bridgehead atoms. The molecule has 0 fully saturated rings. The first-order chi connectivity index (χ1) is 24.7. The number of rotatable bonds is 12. The van der Waals surface area contributed by atoms with Crippen LogP contribution in [0.3, 0.4) is 0 Å². The molecule has 2 amide bonds. The maximum absolute atomic E-state index is 12.4. The Bertz CT molecular complexity index is 2430. The zero-order valence-electron chi connectivity index (χ0n) is 27.1. The van der Waals surface area contributed by atoms with Crippen molar-refractivity contribution in [2.45, 2.75) is 0 Å². The summed E-state index contributed by atoms with van der Waals surface area (Å²) in [6.07, 6.45) is 4.88. The summed E-state index contributed by atoms with van der Waals surface area (Å²) in [5, 5.41) is 4.76. The number of nitrogens with one attached hydrogen (secondary N) is 4. The number of anilines is 4. The summed E-state index contributed by atoms with van der Waals surface area (Å²) >= 11 is 0. The van der Waals surface area contributed by atoms with Crippen LogP contribution in [-0.2, 0) is 29.6 Å². The Balaban J connectivity index is 0.000000201. The van der Waals surface area contributed by atoms with Crippen LogP contribution in [0.2, 0.25) is 0 Å². The summed E-state index contributed by atoms with van der Waals surface area (Å²) in [6, 6.07) is 22.7. The maximum Gasteiger partial charge on any atom is 0.229 e. The van der Waals surface area contributed by atoms with Gasteiger partial charge in [0.05, 0.1) is 34.7 Å². The summed E-state index contributed by atoms with van der Waals surface area (Å²) in [5.41, 5.74) is -0.546. The monoisotopic (exact) mass is 748 g/mol. The number of amides is 2. The Kier molecular flexibility index (Phi) is 10.9. The molecule has 0 aliphatic carbocycles. The van der Waals surface area contributed by atoms with Crippen LogP contribution in [0.4, 0.5) is 22.7 Å². The Morgan fingerprint density at radius 1 is 0.558 bits per heavy atom. The third kappa shape index (κ3) is 9.31. The first kappa shape index (κ1) is 36.6. The second kappa shape index (κ2) is 15.5. The van der Waals surface area contributed by atoms with Gasteiger partial charge in [-0.3, -0.25) is 28.6 Å². The number of benzene rings is 4. The van der Waals surface area contributed by atoms with E-state index in [1.807, 2.05) is 0 Å². The van der Waals surface area contributed by atoms with Crippen molar-refractivity contribution in [1.82, 2.24) is 0 Å². The highest BCUT2D eigenvalue weighted by Crippen LogP contribution is 2.35. The van der Waals surface area contributed by atoms with Gasteiger partial charge in [0.2, 0.25) is 43.7 Å². The molecule has 6 rings (SSSR count). The number of fused-ring (bicyclic) bond motifs is 2. The molecule has 0 spiro atoms. The minimum Gasteiger partial charge on any atom is -0.462 e. The molecule has 0 radical (unpaired) electrons. The summed E-state index contributed by atoms with van der Waals surface area (Å²) in [4.78, 5) is 46.1. The average Bonchev–Trinajstić information content (AvgIpc) is 3.09. The van der Waals surface area contributed by atoms with Crippen LogP contribution in [0.5, 0.6) is 23.0 Å². The molecule has 4 aromatic carbocycles. The van der Waals surface area contributed by atoms with E-state index in [4.69, 9.17) is 18.3 Å². The van der Waals surface area contributed by atoms with Crippen LogP contribution >= 0.6 is 0 Å². The first-order valence-corrected chi connectivity index (χ1v) is 18.5. The Labute approximate surface area is 295 Å². The van der Waals surface area contributed by atoms with E-state index in [9.17, 15) is 36.0 Å². The number of hydrogen-bond donors (Lipinski definition) is 4. The van der Waals surface area contributed by atoms with E-state index in [0.717, 1.165) is 25.0 Å². The van der Waals surface area contributed by atoms with Gasteiger partial charge in [0, 0.05) is 12.1 Å². The molecule has 0 atom stereocenters. The second-order valence-corrected chi connectivity index (χ2v) is 14.2. The normalized spacial score (nSPS) is 11.1. The van der Waals surface area contributed by atoms with Crippen molar-refractivity contribution in [2.24, 2.45) is 0 Å². The molecule has 4 N–H and O–H groups in total. The fraction of sp³-hybridized carbons (Fsp3) is 0.0588. The molecule has 52 heavy (non-hydrogen) atoms. The summed E-state index contributed by atoms with van der Waals surface area (Å²) in [6.45, 7) is 0. The van der Waals surface area contributed by atoms with E-state index in [1.54, 1.807) is 60.7 Å². The van der Waals surface area contributed by atoms with E-state index < -0.39 is 30.9 Å². The third-order valence-corrected chi connectivity index (χ3v) is 7.89. The smallest absolute Gasteiger partial charge is 0.229 e. The van der Waals surface area contributed by atoms with Gasteiger partial charge in [-0.2, -0.15) is 0 Å². The van der Waals surface area contributed by atoms with Crippen LogP contribution in [-0.4, -0.2) is 42.2 Å². The van der Waals surface area contributed by atoms with E-state index in [-0.39, 0.29) is 56.2 Å². The molecule has 0 saturated carbocycles. The summed E-state index contributed by atoms with van der Waals surface area (Å²) in [7, 11) is -7.19. The topological polar surface area (TPSA) is 229 Å². The standard InChI is InChI=1S/2C17H14N2O6S/c2*1-26(22,23)19-13-8-15-12(17(21)14(9-24-15)18-10-20)7-16(13)25-11-5-3-2-4-6-11/h2*2-10,19H,1H3,(H,18,20). The van der Waals surface area contributed by atoms with Crippen molar-refractivity contribution < 1.29 is 44.7 Å². The largest absolute Gasteiger partial charge is 0.462 e. The van der Waals surface area contributed by atoms with E-state index in [0.29, 0.717) is 24.3 Å². The maximum atomic E-state index is 12.4. The highest BCUT2D eigenvalue weighted by molar-refractivity contribution is 7.92. The molecule has 2 aromatic heterocycles. The highest BCUT2D eigenvalue weighted by Gasteiger charge is 2.17. The first-order valence-electron chi connectivity index (χ1n) is 14.8. The molecule has 0 unspecified atom stereocenters. The molecular formula is C34H28N4O12S2. The van der Waals surface area contributed by atoms with Gasteiger partial charge in [0.15, 0.2) is 11.5 Å². The van der Waals surface area contributed by atoms with E-state index >= 15 is 0 Å². The quantitative estimate of drug-likeness (QED) is 0.121. The van der Waals surface area contributed by atoms with Gasteiger partial charge in [-0.05, 0) is 36.4 Å². The number of carbonyl (C=O) groups is 2. The molecule has 0 saturated heterocycles. The number of sulfonamides is 2. The highest BCUT2D eigenvalue weighted by atomic mass is 32.2. The van der Waals surface area contributed by atoms with Crippen LogP contribution < -0.4 is 40.4 Å². The zero-order chi connectivity index (χ0) is 37.5. The van der Waals surface area contributed by atoms with Gasteiger partial charge >= 0.3 is 0 Å². The van der Waals surface area contributed by atoms with Crippen molar-refractivity contribution in [3.63, 3.8) is 0 Å². The number of hydrogen-bond acceptors (Lipinski definition) is 12. The average molecular weight is 749 g/mol. The lowest BCUT2D eigenvalue weighted by Crippen LogP contribution is -2.12. The Morgan fingerprint density at radius 3 is 1.25 bits per heavy atom. The summed E-state index contributed by atoms with van der Waals surface area (Å²) in [5.74, 6) is 1.14. The predicted molar refractivity (Wildman–Crippen MR) is 194 cm³/mol. The third-order valence-electron chi connectivity index (χ3n) is 6.71. The lowest BCUT2D eigenvalue weighted by atomic mass is 10.2. The lowest BCUT2D eigenvalue weighted by molar-refractivity contribution is -0.106. The molecule has 0 aliphatic heterocycles. The van der Waals surface area contributed by atoms with Gasteiger partial charge in [-0.15, -0.1) is 0 Å². The van der Waals surface area contributed by atoms with Crippen LogP contribution in [0.15, 0.2) is 116 Å². The zero-order valence-corrected chi connectivity index (χ0v) is 28.7. The fourth-order valence-corrected chi connectivity index (χ4v) is 5.71. The van der Waals surface area contributed by atoms with Crippen molar-refractivity contribution >= 4 is 77.6 Å². The van der Waals surface area contributed by atoms with Crippen LogP contribution in [0, 0.1) is 0 Å². The minimum atomic E-state index is -3.60. The van der Waals surface area contributed by atoms with Gasteiger partial charge in [0.1, 0.15) is 46.6 Å². The lowest BCUT2D eigenvalue weighted by Gasteiger charge is -2.13. The summed E-state index contributed by atoms with van der Waals surface area (Å²) < 4.78 is 73.3. The van der Waals surface area contributed by atoms with Crippen molar-refractivity contribution in [3.05, 3.63) is 118 Å². The number of para-hydroxylation sites is 2. The van der Waals surface area contributed by atoms with Crippen LogP contribution in [0.25, 0.3) is 21.9 Å². The van der Waals surface area contributed by atoms with E-state index in [2.05, 4.69) is 20.1 Å². The fourth-order valence-electron chi connectivity index (χ4n) is 4.60. The predicted octanol–water partition coefficient (Wildman–Crippen LogP) is 5.05. The molecule has 0 aliphatic rings. The molecule has 6 aromatic rings. The Hall–Kier alpha value is -6.66. The van der Waals surface area contributed by atoms with Gasteiger partial charge in [-0.25, -0.2) is 16.8 Å². The Morgan fingerprint density at radius 2 is 0.923 bits per heavy atom. The van der Waals surface area contributed by atoms with E-state index in [1.165, 1.54) is 24.3 Å². The molecule has 268 valence electrons. The van der Waals surface area contributed by atoms with Crippen molar-refractivity contribution in [1.29, 1.82) is 0 Å². The van der Waals surface area contributed by atoms with Crippen molar-refractivity contribution in [3.8, 4) is 23.0 Å². The van der Waals surface area contributed by atoms with Crippen LogP contribution in [0.1, 0.15) is 0 Å². The van der Waals surface area contributed by atoms with Gasteiger partial charge in [0.25, 0.3) is 0 Å². The number of ether oxygens (including phenoxy) is 2. The number of carbonyl (C=O) groups excluding carboxylic acids is 2. The molecule has 18 heteroatoms. The van der Waals surface area contributed by atoms with Crippen molar-refractivity contribution in [2.75, 3.05) is 32.6 Å². The minimum absolute atomic E-state index is 0.0398. The van der Waals surface area contributed by atoms with Gasteiger partial charge < -0.3 is 28.9 Å². The molecule has 2 heterocycles. The van der Waals surface area contributed by atoms with Gasteiger partial charge in [-0.1, -0.05) is 36.4 Å². The molecular weight excluding hydrogens is 721 g/mol.